The van der Waals surface area contributed by atoms with Crippen molar-refractivity contribution >= 4 is 16.8 Å². The standard InChI is InChI=1S/C18H17F2N3O/c1-11(12(2)24)10-23-17-7-15(8-21-16(17)9-22-23)13-4-3-5-14(6-13)18(19)20/h3-9,11,18H,10H2,1-2H3/t11-/m0/s1. The van der Waals surface area contributed by atoms with Gasteiger partial charge >= 0.3 is 0 Å². The summed E-state index contributed by atoms with van der Waals surface area (Å²) in [7, 11) is 0. The molecule has 0 fully saturated rings. The van der Waals surface area contributed by atoms with Crippen LogP contribution >= 0.6 is 0 Å². The predicted molar refractivity (Wildman–Crippen MR) is 87.8 cm³/mol. The van der Waals surface area contributed by atoms with E-state index in [1.54, 1.807) is 36.1 Å². The quantitative estimate of drug-likeness (QED) is 0.702. The van der Waals surface area contributed by atoms with Crippen LogP contribution in [0.15, 0.2) is 42.7 Å². The number of Topliss-reactive ketones (excluding diaryl/α,β-unsaturated/α-hetero) is 1. The van der Waals surface area contributed by atoms with Crippen LogP contribution in [0.2, 0.25) is 0 Å². The molecule has 0 saturated heterocycles. The highest BCUT2D eigenvalue weighted by molar-refractivity contribution is 5.81. The number of hydrogen-bond acceptors (Lipinski definition) is 3. The van der Waals surface area contributed by atoms with Crippen LogP contribution in [0.25, 0.3) is 22.2 Å². The van der Waals surface area contributed by atoms with Gasteiger partial charge in [0.05, 0.1) is 18.3 Å². The molecule has 24 heavy (non-hydrogen) atoms. The second kappa shape index (κ2) is 6.47. The molecule has 3 aromatic rings. The van der Waals surface area contributed by atoms with Crippen molar-refractivity contribution < 1.29 is 13.6 Å². The highest BCUT2D eigenvalue weighted by Crippen LogP contribution is 2.27. The van der Waals surface area contributed by atoms with E-state index in [-0.39, 0.29) is 17.3 Å². The Balaban J connectivity index is 2.01. The summed E-state index contributed by atoms with van der Waals surface area (Å²) in [5, 5.41) is 4.28. The van der Waals surface area contributed by atoms with Crippen molar-refractivity contribution in [2.24, 2.45) is 5.92 Å². The number of ketones is 1. The molecule has 0 aliphatic rings. The Bertz CT molecular complexity index is 889. The first kappa shape index (κ1) is 16.2. The minimum absolute atomic E-state index is 0.0219. The minimum Gasteiger partial charge on any atom is -0.300 e. The topological polar surface area (TPSA) is 47.8 Å². The molecule has 124 valence electrons. The smallest absolute Gasteiger partial charge is 0.263 e. The molecule has 6 heteroatoms. The van der Waals surface area contributed by atoms with Crippen molar-refractivity contribution in [1.82, 2.24) is 14.8 Å². The zero-order valence-corrected chi connectivity index (χ0v) is 13.4. The molecule has 0 bridgehead atoms. The number of pyridine rings is 1. The van der Waals surface area contributed by atoms with Gasteiger partial charge in [-0.15, -0.1) is 0 Å². The summed E-state index contributed by atoms with van der Waals surface area (Å²) in [4.78, 5) is 15.8. The Morgan fingerprint density at radius 2 is 2.00 bits per heavy atom. The number of rotatable bonds is 5. The van der Waals surface area contributed by atoms with Gasteiger partial charge in [0.2, 0.25) is 0 Å². The lowest BCUT2D eigenvalue weighted by atomic mass is 10.0. The molecule has 2 heterocycles. The number of hydrogen-bond donors (Lipinski definition) is 0. The summed E-state index contributed by atoms with van der Waals surface area (Å²) in [6.45, 7) is 3.86. The molecule has 4 nitrogen and oxygen atoms in total. The third-order valence-electron chi connectivity index (χ3n) is 4.11. The molecule has 0 unspecified atom stereocenters. The van der Waals surface area contributed by atoms with Gasteiger partial charge in [-0.1, -0.05) is 25.1 Å². The van der Waals surface area contributed by atoms with Crippen LogP contribution in [0.4, 0.5) is 8.78 Å². The van der Waals surface area contributed by atoms with E-state index in [0.29, 0.717) is 17.6 Å². The van der Waals surface area contributed by atoms with Crippen molar-refractivity contribution in [2.45, 2.75) is 26.8 Å². The Morgan fingerprint density at radius 1 is 1.21 bits per heavy atom. The fraction of sp³-hybridized carbons (Fsp3) is 0.278. The van der Waals surface area contributed by atoms with Crippen LogP contribution in [-0.4, -0.2) is 20.5 Å². The van der Waals surface area contributed by atoms with Crippen LogP contribution in [0.3, 0.4) is 0 Å². The van der Waals surface area contributed by atoms with Crippen molar-refractivity contribution in [3.05, 3.63) is 48.3 Å². The average Bonchev–Trinajstić information content (AvgIpc) is 2.97. The lowest BCUT2D eigenvalue weighted by Crippen LogP contribution is -2.15. The molecule has 0 aliphatic carbocycles. The Morgan fingerprint density at radius 3 is 2.71 bits per heavy atom. The molecule has 0 saturated carbocycles. The zero-order valence-electron chi connectivity index (χ0n) is 13.4. The first-order chi connectivity index (χ1) is 11.5. The third-order valence-corrected chi connectivity index (χ3v) is 4.11. The largest absolute Gasteiger partial charge is 0.300 e. The molecule has 0 spiro atoms. The van der Waals surface area contributed by atoms with Gasteiger partial charge in [0.25, 0.3) is 6.43 Å². The van der Waals surface area contributed by atoms with Crippen molar-refractivity contribution in [1.29, 1.82) is 0 Å². The number of fused-ring (bicyclic) bond motifs is 1. The van der Waals surface area contributed by atoms with Crippen molar-refractivity contribution in [2.75, 3.05) is 0 Å². The molecule has 3 rings (SSSR count). The number of halogens is 2. The highest BCUT2D eigenvalue weighted by Gasteiger charge is 2.13. The zero-order chi connectivity index (χ0) is 17.3. The normalized spacial score (nSPS) is 12.7. The summed E-state index contributed by atoms with van der Waals surface area (Å²) >= 11 is 0. The Kier molecular flexibility index (Phi) is 4.38. The summed E-state index contributed by atoms with van der Waals surface area (Å²) in [6, 6.07) is 8.11. The van der Waals surface area contributed by atoms with Crippen LogP contribution in [0.1, 0.15) is 25.8 Å². The molecule has 1 atom stereocenters. The molecular formula is C18H17F2N3O. The maximum absolute atomic E-state index is 12.9. The predicted octanol–water partition coefficient (Wildman–Crippen LogP) is 4.26. The van der Waals surface area contributed by atoms with Gasteiger partial charge in [-0.3, -0.25) is 14.5 Å². The first-order valence-corrected chi connectivity index (χ1v) is 7.66. The maximum Gasteiger partial charge on any atom is 0.263 e. The lowest BCUT2D eigenvalue weighted by molar-refractivity contribution is -0.120. The molecule has 0 N–H and O–H groups in total. The number of carbonyl (C=O) groups is 1. The summed E-state index contributed by atoms with van der Waals surface area (Å²) in [6.07, 6.45) is 0.776. The fourth-order valence-corrected chi connectivity index (χ4v) is 2.50. The van der Waals surface area contributed by atoms with Gasteiger partial charge in [0, 0.05) is 23.2 Å². The van der Waals surface area contributed by atoms with Gasteiger partial charge < -0.3 is 0 Å². The van der Waals surface area contributed by atoms with Gasteiger partial charge in [0.1, 0.15) is 11.3 Å². The summed E-state index contributed by atoms with van der Waals surface area (Å²) in [5.74, 6) is -0.0636. The van der Waals surface area contributed by atoms with Gasteiger partial charge in [-0.25, -0.2) is 8.78 Å². The van der Waals surface area contributed by atoms with Crippen LogP contribution in [0.5, 0.6) is 0 Å². The first-order valence-electron chi connectivity index (χ1n) is 7.66. The monoisotopic (exact) mass is 329 g/mol. The number of nitrogens with zero attached hydrogens (tertiary/aromatic N) is 3. The van der Waals surface area contributed by atoms with Crippen LogP contribution < -0.4 is 0 Å². The van der Waals surface area contributed by atoms with Crippen LogP contribution in [-0.2, 0) is 11.3 Å². The Labute approximate surface area is 138 Å². The van der Waals surface area contributed by atoms with Gasteiger partial charge in [-0.2, -0.15) is 5.10 Å². The van der Waals surface area contributed by atoms with E-state index in [4.69, 9.17) is 0 Å². The number of aromatic nitrogens is 3. The van der Waals surface area contributed by atoms with E-state index >= 15 is 0 Å². The van der Waals surface area contributed by atoms with E-state index in [9.17, 15) is 13.6 Å². The SMILES string of the molecule is CC(=O)[C@@H](C)Cn1ncc2ncc(-c3cccc(C(F)F)c3)cc21. The Hall–Kier alpha value is -2.63. The maximum atomic E-state index is 12.9. The van der Waals surface area contributed by atoms with Crippen molar-refractivity contribution in [3.8, 4) is 11.1 Å². The molecule has 1 aromatic carbocycles. The van der Waals surface area contributed by atoms with Gasteiger partial charge in [0.15, 0.2) is 0 Å². The average molecular weight is 329 g/mol. The molecule has 0 radical (unpaired) electrons. The number of alkyl halides is 2. The molecule has 2 aromatic heterocycles. The molecular weight excluding hydrogens is 312 g/mol. The van der Waals surface area contributed by atoms with E-state index in [1.807, 2.05) is 13.0 Å². The second-order valence-electron chi connectivity index (χ2n) is 5.89. The third kappa shape index (κ3) is 3.18. The highest BCUT2D eigenvalue weighted by atomic mass is 19.3. The second-order valence-corrected chi connectivity index (χ2v) is 5.89. The van der Waals surface area contributed by atoms with Crippen molar-refractivity contribution in [3.63, 3.8) is 0 Å². The van der Waals surface area contributed by atoms with E-state index in [2.05, 4.69) is 10.1 Å². The number of benzene rings is 1. The van der Waals surface area contributed by atoms with E-state index < -0.39 is 6.43 Å². The minimum atomic E-state index is -2.51. The lowest BCUT2D eigenvalue weighted by Gasteiger charge is -2.09. The molecule has 0 amide bonds. The molecule has 0 aliphatic heterocycles. The summed E-state index contributed by atoms with van der Waals surface area (Å²) < 4.78 is 27.5. The summed E-state index contributed by atoms with van der Waals surface area (Å²) in [5.41, 5.74) is 2.88. The van der Waals surface area contributed by atoms with E-state index in [0.717, 1.165) is 11.1 Å². The number of carbonyl (C=O) groups excluding carboxylic acids is 1. The fourth-order valence-electron chi connectivity index (χ4n) is 2.50. The van der Waals surface area contributed by atoms with Gasteiger partial charge in [-0.05, 0) is 24.6 Å². The van der Waals surface area contributed by atoms with Crippen LogP contribution in [0, 0.1) is 5.92 Å². The van der Waals surface area contributed by atoms with E-state index in [1.165, 1.54) is 12.1 Å².